The summed E-state index contributed by atoms with van der Waals surface area (Å²) >= 11 is 0. The highest BCUT2D eigenvalue weighted by Gasteiger charge is 2.16. The number of nitrogens with one attached hydrogen (secondary N) is 3. The van der Waals surface area contributed by atoms with E-state index in [2.05, 4.69) is 10.6 Å². The molecular formula is C17H13F4N3O3. The smallest absolute Gasteiger partial charge is 0.254 e. The summed E-state index contributed by atoms with van der Waals surface area (Å²) < 4.78 is 52.7. The Labute approximate surface area is 150 Å². The average molecular weight is 383 g/mol. The molecule has 2 aromatic carbocycles. The zero-order chi connectivity index (χ0) is 20.0. The van der Waals surface area contributed by atoms with Crippen molar-refractivity contribution < 1.29 is 31.9 Å². The third-order valence-electron chi connectivity index (χ3n) is 3.28. The van der Waals surface area contributed by atoms with Gasteiger partial charge in [-0.3, -0.25) is 14.4 Å². The predicted octanol–water partition coefficient (Wildman–Crippen LogP) is 1.73. The van der Waals surface area contributed by atoms with Crippen LogP contribution in [0.3, 0.4) is 0 Å². The molecule has 0 radical (unpaired) electrons. The van der Waals surface area contributed by atoms with E-state index in [1.807, 2.05) is 5.32 Å². The fraction of sp³-hybridized carbons (Fsp3) is 0.118. The van der Waals surface area contributed by atoms with Crippen molar-refractivity contribution in [3.05, 3.63) is 65.2 Å². The largest absolute Gasteiger partial charge is 0.345 e. The molecule has 142 valence electrons. The standard InChI is InChI=1S/C17H13F4N3O3/c18-10-4-2-1-3-9(10)17(27)23-7-13(25)22-8-14(26)24-12-6-5-11(19)15(20)16(12)21/h1-6H,7-8H2,(H,22,25)(H,23,27)(H,24,26). The maximum Gasteiger partial charge on any atom is 0.254 e. The summed E-state index contributed by atoms with van der Waals surface area (Å²) in [6.07, 6.45) is 0. The molecule has 0 bridgehead atoms. The Hall–Kier alpha value is -3.43. The number of carbonyl (C=O) groups excluding carboxylic acids is 3. The SMILES string of the molecule is O=C(CNC(=O)c1ccccc1F)NCC(=O)Nc1ccc(F)c(F)c1F. The summed E-state index contributed by atoms with van der Waals surface area (Å²) in [5.74, 6) is -8.00. The minimum atomic E-state index is -1.74. The van der Waals surface area contributed by atoms with E-state index in [0.29, 0.717) is 6.07 Å². The maximum atomic E-state index is 13.4. The van der Waals surface area contributed by atoms with Crippen molar-refractivity contribution in [2.24, 2.45) is 0 Å². The van der Waals surface area contributed by atoms with Crippen molar-refractivity contribution in [2.45, 2.75) is 0 Å². The molecule has 0 aromatic heterocycles. The van der Waals surface area contributed by atoms with Crippen LogP contribution in [0.25, 0.3) is 0 Å². The maximum absolute atomic E-state index is 13.4. The van der Waals surface area contributed by atoms with Gasteiger partial charge in [-0.25, -0.2) is 17.6 Å². The quantitative estimate of drug-likeness (QED) is 0.525. The lowest BCUT2D eigenvalue weighted by Crippen LogP contribution is -2.40. The minimum Gasteiger partial charge on any atom is -0.345 e. The van der Waals surface area contributed by atoms with E-state index in [4.69, 9.17) is 0 Å². The molecule has 0 atom stereocenters. The lowest BCUT2D eigenvalue weighted by atomic mass is 10.2. The topological polar surface area (TPSA) is 87.3 Å². The van der Waals surface area contributed by atoms with E-state index in [9.17, 15) is 31.9 Å². The van der Waals surface area contributed by atoms with Gasteiger partial charge in [0.2, 0.25) is 11.8 Å². The average Bonchev–Trinajstić information content (AvgIpc) is 2.65. The van der Waals surface area contributed by atoms with Crippen LogP contribution in [0.2, 0.25) is 0 Å². The molecule has 3 N–H and O–H groups in total. The molecule has 0 saturated carbocycles. The Balaban J connectivity index is 1.80. The summed E-state index contributed by atoms with van der Waals surface area (Å²) in [7, 11) is 0. The van der Waals surface area contributed by atoms with Gasteiger partial charge < -0.3 is 16.0 Å². The summed E-state index contributed by atoms with van der Waals surface area (Å²) in [5.41, 5.74) is -0.849. The van der Waals surface area contributed by atoms with Gasteiger partial charge in [0.15, 0.2) is 17.5 Å². The second-order valence-corrected chi connectivity index (χ2v) is 5.21. The van der Waals surface area contributed by atoms with Crippen molar-refractivity contribution in [3.8, 4) is 0 Å². The molecule has 0 fully saturated rings. The van der Waals surface area contributed by atoms with Crippen LogP contribution in [0, 0.1) is 23.3 Å². The molecular weight excluding hydrogens is 370 g/mol. The van der Waals surface area contributed by atoms with Crippen molar-refractivity contribution in [2.75, 3.05) is 18.4 Å². The van der Waals surface area contributed by atoms with Crippen LogP contribution in [0.15, 0.2) is 36.4 Å². The first kappa shape index (κ1) is 19.9. The van der Waals surface area contributed by atoms with Gasteiger partial charge >= 0.3 is 0 Å². The third kappa shape index (κ3) is 5.27. The number of rotatable bonds is 6. The van der Waals surface area contributed by atoms with Gasteiger partial charge in [0.25, 0.3) is 5.91 Å². The zero-order valence-electron chi connectivity index (χ0n) is 13.6. The summed E-state index contributed by atoms with van der Waals surface area (Å²) in [6.45, 7) is -1.16. The fourth-order valence-electron chi connectivity index (χ4n) is 1.96. The van der Waals surface area contributed by atoms with Crippen LogP contribution in [-0.4, -0.2) is 30.8 Å². The minimum absolute atomic E-state index is 0.253. The molecule has 6 nitrogen and oxygen atoms in total. The van der Waals surface area contributed by atoms with Crippen molar-refractivity contribution in [1.29, 1.82) is 0 Å². The van der Waals surface area contributed by atoms with Crippen LogP contribution in [0.1, 0.15) is 10.4 Å². The Morgan fingerprint density at radius 3 is 2.11 bits per heavy atom. The number of halogens is 4. The van der Waals surface area contributed by atoms with Crippen molar-refractivity contribution in [1.82, 2.24) is 10.6 Å². The Morgan fingerprint density at radius 2 is 1.41 bits per heavy atom. The third-order valence-corrected chi connectivity index (χ3v) is 3.28. The molecule has 10 heteroatoms. The highest BCUT2D eigenvalue weighted by Crippen LogP contribution is 2.19. The van der Waals surface area contributed by atoms with Crippen LogP contribution in [0.4, 0.5) is 23.2 Å². The second kappa shape index (κ2) is 8.79. The lowest BCUT2D eigenvalue weighted by molar-refractivity contribution is -0.123. The summed E-state index contributed by atoms with van der Waals surface area (Å²) in [5, 5.41) is 6.24. The van der Waals surface area contributed by atoms with E-state index < -0.39 is 59.8 Å². The van der Waals surface area contributed by atoms with Gasteiger partial charge in [0, 0.05) is 0 Å². The molecule has 0 aliphatic carbocycles. The summed E-state index contributed by atoms with van der Waals surface area (Å²) in [4.78, 5) is 35.0. The molecule has 27 heavy (non-hydrogen) atoms. The van der Waals surface area contributed by atoms with Gasteiger partial charge in [-0.2, -0.15) is 0 Å². The van der Waals surface area contributed by atoms with Gasteiger partial charge in [-0.15, -0.1) is 0 Å². The van der Waals surface area contributed by atoms with Gasteiger partial charge in [0.05, 0.1) is 24.3 Å². The van der Waals surface area contributed by atoms with E-state index in [-0.39, 0.29) is 5.56 Å². The number of hydrogen-bond acceptors (Lipinski definition) is 3. The Bertz CT molecular complexity index is 890. The molecule has 0 aliphatic heterocycles. The first-order chi connectivity index (χ1) is 12.8. The Kier molecular flexibility index (Phi) is 6.47. The molecule has 0 spiro atoms. The molecule has 0 heterocycles. The van der Waals surface area contributed by atoms with E-state index in [1.165, 1.54) is 18.2 Å². The molecule has 0 unspecified atom stereocenters. The highest BCUT2D eigenvalue weighted by molar-refractivity contribution is 5.98. The number of anilines is 1. The molecule has 2 aromatic rings. The van der Waals surface area contributed by atoms with Crippen molar-refractivity contribution >= 4 is 23.4 Å². The zero-order valence-corrected chi connectivity index (χ0v) is 13.6. The van der Waals surface area contributed by atoms with Gasteiger partial charge in [-0.05, 0) is 24.3 Å². The fourth-order valence-corrected chi connectivity index (χ4v) is 1.96. The van der Waals surface area contributed by atoms with Crippen LogP contribution >= 0.6 is 0 Å². The predicted molar refractivity (Wildman–Crippen MR) is 86.7 cm³/mol. The van der Waals surface area contributed by atoms with Crippen LogP contribution < -0.4 is 16.0 Å². The van der Waals surface area contributed by atoms with Gasteiger partial charge in [-0.1, -0.05) is 12.1 Å². The normalized spacial score (nSPS) is 10.2. The Morgan fingerprint density at radius 1 is 0.741 bits per heavy atom. The monoisotopic (exact) mass is 383 g/mol. The molecule has 2 rings (SSSR count). The molecule has 0 saturated heterocycles. The molecule has 3 amide bonds. The molecule has 0 aliphatic rings. The number of benzene rings is 2. The van der Waals surface area contributed by atoms with Crippen molar-refractivity contribution in [3.63, 3.8) is 0 Å². The number of carbonyl (C=O) groups is 3. The second-order valence-electron chi connectivity index (χ2n) is 5.21. The van der Waals surface area contributed by atoms with E-state index in [0.717, 1.165) is 12.1 Å². The summed E-state index contributed by atoms with van der Waals surface area (Å²) in [6, 6.07) is 6.60. The lowest BCUT2D eigenvalue weighted by Gasteiger charge is -2.09. The first-order valence-electron chi connectivity index (χ1n) is 7.52. The number of hydrogen-bond donors (Lipinski definition) is 3. The van der Waals surface area contributed by atoms with E-state index in [1.54, 1.807) is 0 Å². The van der Waals surface area contributed by atoms with Crippen LogP contribution in [0.5, 0.6) is 0 Å². The highest BCUT2D eigenvalue weighted by atomic mass is 19.2. The number of amides is 3. The first-order valence-corrected chi connectivity index (χ1v) is 7.52. The van der Waals surface area contributed by atoms with Crippen LogP contribution in [-0.2, 0) is 9.59 Å². The van der Waals surface area contributed by atoms with Gasteiger partial charge in [0.1, 0.15) is 5.82 Å². The van der Waals surface area contributed by atoms with E-state index >= 15 is 0 Å².